The first-order valence-corrected chi connectivity index (χ1v) is 17.0. The van der Waals surface area contributed by atoms with Gasteiger partial charge in [0.2, 0.25) is 5.91 Å². The number of hydrogen-bond acceptors (Lipinski definition) is 12. The van der Waals surface area contributed by atoms with Crippen LogP contribution in [-0.4, -0.2) is 112 Å². The number of methoxy groups -OCH3 is 2. The molecule has 3 atom stereocenters. The lowest BCUT2D eigenvalue weighted by atomic mass is 9.82. The summed E-state index contributed by atoms with van der Waals surface area (Å²) in [5.74, 6) is 1.34. The monoisotopic (exact) mass is 688 g/mol. The molecule has 2 aliphatic heterocycles. The number of likely N-dealkylation sites (tertiary alicyclic amines) is 1. The highest BCUT2D eigenvalue weighted by Gasteiger charge is 2.41. The average Bonchev–Trinajstić information content (AvgIpc) is 3.11. The minimum atomic E-state index is -0.479. The summed E-state index contributed by atoms with van der Waals surface area (Å²) in [7, 11) is 4.93. The lowest BCUT2D eigenvalue weighted by Crippen LogP contribution is -2.53. The summed E-state index contributed by atoms with van der Waals surface area (Å²) in [6.45, 7) is 3.96. The lowest BCUT2D eigenvalue weighted by molar-refractivity contribution is -0.492. The molecular formula is C35H52N4O10. The van der Waals surface area contributed by atoms with Crippen molar-refractivity contribution >= 4 is 17.7 Å². The Hall–Kier alpha value is -3.66. The molecule has 0 saturated carbocycles. The molecule has 14 nitrogen and oxygen atoms in total. The smallest absolute Gasteiger partial charge is 0.410 e. The molecule has 272 valence electrons. The third-order valence-corrected chi connectivity index (χ3v) is 8.96. The van der Waals surface area contributed by atoms with E-state index in [0.717, 1.165) is 60.7 Å². The summed E-state index contributed by atoms with van der Waals surface area (Å²) in [5, 5.41) is 19.6. The topological polar surface area (TPSA) is 152 Å². The van der Waals surface area contributed by atoms with Crippen molar-refractivity contribution in [1.82, 2.24) is 15.6 Å². The van der Waals surface area contributed by atoms with Gasteiger partial charge in [-0.05, 0) is 67.5 Å². The number of rotatable bonds is 19. The fourth-order valence-corrected chi connectivity index (χ4v) is 6.34. The van der Waals surface area contributed by atoms with E-state index in [-0.39, 0.29) is 49.5 Å². The van der Waals surface area contributed by atoms with E-state index >= 15 is 0 Å². The van der Waals surface area contributed by atoms with Crippen LogP contribution in [0.4, 0.5) is 10.5 Å². The standard InChI is InChI=1S/C35H52N4O10/c1-36-34(40)23-28-22-30(27-10-12-29(45-3)13-11-27)33(24-38(28)35(41)47-18-6-4-5-7-19-49-39(42)43)48-25-26-9-14-32-31(21-26)37(16-20-46-32)15-8-17-44-2/h9-14,21,28,30,33,42-43H,4-8,15-20,22-25H2,1-3H3,(H,36,40). The maximum Gasteiger partial charge on any atom is 0.410 e. The van der Waals surface area contributed by atoms with E-state index in [2.05, 4.69) is 21.1 Å². The van der Waals surface area contributed by atoms with E-state index in [4.69, 9.17) is 34.1 Å². The number of amides is 2. The number of fused-ring (bicyclic) bond motifs is 1. The van der Waals surface area contributed by atoms with E-state index < -0.39 is 12.1 Å². The van der Waals surface area contributed by atoms with Gasteiger partial charge >= 0.3 is 6.09 Å². The zero-order valence-electron chi connectivity index (χ0n) is 28.9. The summed E-state index contributed by atoms with van der Waals surface area (Å²) in [6, 6.07) is 13.6. The third-order valence-electron chi connectivity index (χ3n) is 8.96. The van der Waals surface area contributed by atoms with Gasteiger partial charge < -0.3 is 38.8 Å². The van der Waals surface area contributed by atoms with Crippen LogP contribution in [0.25, 0.3) is 0 Å². The SMILES string of the molecule is CNC(=O)CC1CC(c2ccc(OC)cc2)C(OCc2ccc3c(c2)N(CCCOC)CCO3)CN1C(=O)OCCCCCCON(O)O. The quantitative estimate of drug-likeness (QED) is 0.141. The zero-order chi connectivity index (χ0) is 35.0. The zero-order valence-corrected chi connectivity index (χ0v) is 28.9. The first-order valence-electron chi connectivity index (χ1n) is 17.0. The number of hydrogen-bond donors (Lipinski definition) is 3. The number of benzene rings is 2. The maximum absolute atomic E-state index is 13.5. The van der Waals surface area contributed by atoms with Crippen molar-refractivity contribution in [2.75, 3.05) is 72.2 Å². The minimum absolute atomic E-state index is 0.0906. The molecule has 1 saturated heterocycles. The summed E-state index contributed by atoms with van der Waals surface area (Å²) < 4.78 is 28.9. The highest BCUT2D eigenvalue weighted by molar-refractivity contribution is 5.77. The number of anilines is 1. The number of piperidine rings is 1. The van der Waals surface area contributed by atoms with Gasteiger partial charge in [0.15, 0.2) is 0 Å². The summed E-state index contributed by atoms with van der Waals surface area (Å²) in [5.41, 5.74) is 3.07. The molecule has 3 unspecified atom stereocenters. The largest absolute Gasteiger partial charge is 0.497 e. The van der Waals surface area contributed by atoms with Crippen LogP contribution in [0.1, 0.15) is 62.0 Å². The van der Waals surface area contributed by atoms with E-state index in [9.17, 15) is 9.59 Å². The maximum atomic E-state index is 13.5. The number of nitrogens with one attached hydrogen (secondary N) is 1. The molecule has 1 fully saturated rings. The summed E-state index contributed by atoms with van der Waals surface area (Å²) in [6.07, 6.45) is 3.52. The van der Waals surface area contributed by atoms with Gasteiger partial charge in [0.05, 0.1) is 57.2 Å². The fraction of sp³-hybridized carbons (Fsp3) is 0.600. The van der Waals surface area contributed by atoms with Crippen molar-refractivity contribution in [3.8, 4) is 11.5 Å². The lowest BCUT2D eigenvalue weighted by Gasteiger charge is -2.43. The van der Waals surface area contributed by atoms with Crippen molar-refractivity contribution in [2.45, 2.75) is 69.6 Å². The van der Waals surface area contributed by atoms with E-state index in [0.29, 0.717) is 39.1 Å². The number of carbonyl (C=O) groups excluding carboxylic acids is 2. The van der Waals surface area contributed by atoms with Gasteiger partial charge in [-0.3, -0.25) is 20.0 Å². The van der Waals surface area contributed by atoms with Crippen LogP contribution in [0.2, 0.25) is 0 Å². The second-order valence-electron chi connectivity index (χ2n) is 12.2. The van der Waals surface area contributed by atoms with Gasteiger partial charge in [-0.2, -0.15) is 0 Å². The van der Waals surface area contributed by atoms with Crippen LogP contribution in [0, 0.1) is 0 Å². The Morgan fingerprint density at radius 3 is 2.49 bits per heavy atom. The Morgan fingerprint density at radius 2 is 1.78 bits per heavy atom. The third kappa shape index (κ3) is 11.7. The van der Waals surface area contributed by atoms with E-state index in [1.54, 1.807) is 26.2 Å². The van der Waals surface area contributed by atoms with Gasteiger partial charge in [0.25, 0.3) is 0 Å². The number of carbonyl (C=O) groups is 2. The molecule has 2 aliphatic rings. The van der Waals surface area contributed by atoms with Gasteiger partial charge in [-0.15, -0.1) is 0 Å². The molecule has 3 N–H and O–H groups in total. The molecule has 2 amide bonds. The van der Waals surface area contributed by atoms with Crippen LogP contribution in [0.15, 0.2) is 42.5 Å². The van der Waals surface area contributed by atoms with Crippen LogP contribution in [0.3, 0.4) is 0 Å². The highest BCUT2D eigenvalue weighted by Crippen LogP contribution is 2.38. The van der Waals surface area contributed by atoms with Crippen LogP contribution < -0.4 is 19.7 Å². The van der Waals surface area contributed by atoms with E-state index in [1.165, 1.54) is 0 Å². The molecule has 2 heterocycles. The van der Waals surface area contributed by atoms with Crippen LogP contribution in [0.5, 0.6) is 11.5 Å². The van der Waals surface area contributed by atoms with Gasteiger partial charge in [-0.25, -0.2) is 4.79 Å². The van der Waals surface area contributed by atoms with Gasteiger partial charge in [0, 0.05) is 45.7 Å². The second kappa shape index (κ2) is 20.1. The molecule has 0 radical (unpaired) electrons. The molecule has 0 spiro atoms. The second-order valence-corrected chi connectivity index (χ2v) is 12.2. The summed E-state index contributed by atoms with van der Waals surface area (Å²) in [4.78, 5) is 34.7. The van der Waals surface area contributed by atoms with Crippen molar-refractivity contribution < 1.29 is 48.5 Å². The first kappa shape index (κ1) is 38.1. The first-order chi connectivity index (χ1) is 23.8. The Kier molecular flexibility index (Phi) is 15.7. The summed E-state index contributed by atoms with van der Waals surface area (Å²) >= 11 is 0. The molecular weight excluding hydrogens is 636 g/mol. The Morgan fingerprint density at radius 1 is 1.00 bits per heavy atom. The molecule has 0 bridgehead atoms. The van der Waals surface area contributed by atoms with Gasteiger partial charge in [-0.1, -0.05) is 24.6 Å². The molecule has 2 aromatic carbocycles. The number of unbranched alkanes of at least 4 members (excludes halogenated alkanes) is 3. The van der Waals surface area contributed by atoms with Crippen LogP contribution in [-0.2, 0) is 30.4 Å². The Balaban J connectivity index is 1.47. The van der Waals surface area contributed by atoms with Gasteiger partial charge in [0.1, 0.15) is 18.1 Å². The van der Waals surface area contributed by atoms with Crippen molar-refractivity contribution in [3.63, 3.8) is 0 Å². The van der Waals surface area contributed by atoms with Crippen molar-refractivity contribution in [2.24, 2.45) is 0 Å². The normalized spacial score (nSPS) is 18.9. The minimum Gasteiger partial charge on any atom is -0.497 e. The molecule has 4 rings (SSSR count). The van der Waals surface area contributed by atoms with Crippen molar-refractivity contribution in [1.29, 1.82) is 0 Å². The van der Waals surface area contributed by atoms with Crippen molar-refractivity contribution in [3.05, 3.63) is 53.6 Å². The molecule has 2 aromatic rings. The molecule has 0 aliphatic carbocycles. The molecule has 14 heteroatoms. The predicted octanol–water partition coefficient (Wildman–Crippen LogP) is 4.52. The Bertz CT molecular complexity index is 1300. The number of nitrogens with zero attached hydrogens (tertiary/aromatic N) is 3. The Labute approximate surface area is 288 Å². The highest BCUT2D eigenvalue weighted by atomic mass is 17.1. The van der Waals surface area contributed by atoms with Crippen LogP contribution >= 0.6 is 0 Å². The number of ether oxygens (including phenoxy) is 5. The fourth-order valence-electron chi connectivity index (χ4n) is 6.34. The molecule has 49 heavy (non-hydrogen) atoms. The average molecular weight is 689 g/mol. The van der Waals surface area contributed by atoms with E-state index in [1.807, 2.05) is 36.4 Å². The predicted molar refractivity (Wildman–Crippen MR) is 180 cm³/mol. The molecule has 0 aromatic heterocycles.